The molecule has 0 bridgehead atoms. The minimum atomic E-state index is -0.418. The molecule has 10 heteroatoms. The lowest BCUT2D eigenvalue weighted by Crippen LogP contribution is -2.46. The molecule has 2 fully saturated rings. The van der Waals surface area contributed by atoms with E-state index in [1.807, 2.05) is 18.2 Å². The van der Waals surface area contributed by atoms with E-state index >= 15 is 0 Å². The number of para-hydroxylation sites is 1. The van der Waals surface area contributed by atoms with Gasteiger partial charge < -0.3 is 9.47 Å². The van der Waals surface area contributed by atoms with Gasteiger partial charge in [0.05, 0.1) is 32.7 Å². The van der Waals surface area contributed by atoms with Gasteiger partial charge in [0.15, 0.2) is 0 Å². The fourth-order valence-corrected chi connectivity index (χ4v) is 4.36. The molecule has 3 aromatic rings. The van der Waals surface area contributed by atoms with Crippen LogP contribution >= 0.6 is 0 Å². The monoisotopic (exact) mass is 491 g/mol. The number of nitrogens with zero attached hydrogens (tertiary/aromatic N) is 5. The zero-order chi connectivity index (χ0) is 24.9. The van der Waals surface area contributed by atoms with Crippen LogP contribution in [0.4, 0.5) is 4.39 Å². The Morgan fingerprint density at radius 2 is 1.69 bits per heavy atom. The largest absolute Gasteiger partial charge is 0.424 e. The maximum absolute atomic E-state index is 13.6. The number of benzene rings is 2. The number of halogens is 1. The van der Waals surface area contributed by atoms with Gasteiger partial charge in [0.2, 0.25) is 5.91 Å². The van der Waals surface area contributed by atoms with Gasteiger partial charge in [-0.2, -0.15) is 4.98 Å². The van der Waals surface area contributed by atoms with Crippen molar-refractivity contribution in [3.63, 3.8) is 0 Å². The average molecular weight is 492 g/mol. The van der Waals surface area contributed by atoms with Gasteiger partial charge in [0, 0.05) is 25.3 Å². The number of hydrogen-bond donors (Lipinski definition) is 0. The third-order valence-electron chi connectivity index (χ3n) is 6.22. The molecular formula is C26H26FN5O4. The summed E-state index contributed by atoms with van der Waals surface area (Å²) in [6.45, 7) is 3.39. The maximum Gasteiger partial charge on any atom is 0.322 e. The van der Waals surface area contributed by atoms with Crippen LogP contribution in [0.25, 0.3) is 0 Å². The Bertz CT molecular complexity index is 1200. The van der Waals surface area contributed by atoms with Gasteiger partial charge >= 0.3 is 6.01 Å². The van der Waals surface area contributed by atoms with Gasteiger partial charge in [-0.1, -0.05) is 30.3 Å². The Morgan fingerprint density at radius 1 is 0.972 bits per heavy atom. The third-order valence-corrected chi connectivity index (χ3v) is 6.22. The zero-order valence-corrected chi connectivity index (χ0v) is 19.6. The summed E-state index contributed by atoms with van der Waals surface area (Å²) < 4.78 is 24.5. The minimum absolute atomic E-state index is 0.0307. The van der Waals surface area contributed by atoms with Crippen LogP contribution in [-0.4, -0.2) is 82.1 Å². The summed E-state index contributed by atoms with van der Waals surface area (Å²) >= 11 is 0. The van der Waals surface area contributed by atoms with Gasteiger partial charge in [0.1, 0.15) is 17.3 Å². The van der Waals surface area contributed by atoms with Crippen LogP contribution < -0.4 is 4.74 Å². The quantitative estimate of drug-likeness (QED) is 0.524. The Kier molecular flexibility index (Phi) is 7.15. The molecule has 0 saturated carbocycles. The van der Waals surface area contributed by atoms with Crippen LogP contribution in [0.15, 0.2) is 66.9 Å². The van der Waals surface area contributed by atoms with Crippen LogP contribution in [0.3, 0.4) is 0 Å². The summed E-state index contributed by atoms with van der Waals surface area (Å²) in [4.78, 5) is 37.6. The second-order valence-corrected chi connectivity index (χ2v) is 8.61. The van der Waals surface area contributed by atoms with Crippen molar-refractivity contribution in [1.29, 1.82) is 0 Å². The van der Waals surface area contributed by atoms with E-state index in [9.17, 15) is 14.0 Å². The van der Waals surface area contributed by atoms with Crippen LogP contribution in [0.1, 0.15) is 16.1 Å². The molecular weight excluding hydrogens is 465 g/mol. The molecule has 2 aliphatic rings. The van der Waals surface area contributed by atoms with E-state index in [2.05, 4.69) is 14.9 Å². The van der Waals surface area contributed by atoms with Crippen LogP contribution in [0.2, 0.25) is 0 Å². The highest BCUT2D eigenvalue weighted by Gasteiger charge is 2.40. The smallest absolute Gasteiger partial charge is 0.322 e. The number of hydrogen-bond acceptors (Lipinski definition) is 7. The van der Waals surface area contributed by atoms with Crippen molar-refractivity contribution in [3.8, 4) is 11.8 Å². The lowest BCUT2D eigenvalue weighted by Gasteiger charge is -2.31. The van der Waals surface area contributed by atoms with E-state index in [1.54, 1.807) is 24.3 Å². The molecule has 5 rings (SSSR count). The van der Waals surface area contributed by atoms with Gasteiger partial charge in [-0.3, -0.25) is 14.5 Å². The summed E-state index contributed by atoms with van der Waals surface area (Å²) in [5.74, 6) is -0.486. The molecule has 36 heavy (non-hydrogen) atoms. The second kappa shape index (κ2) is 10.8. The predicted octanol–water partition coefficient (Wildman–Crippen LogP) is 2.55. The number of hydrazine groups is 1. The number of rotatable bonds is 6. The van der Waals surface area contributed by atoms with Crippen molar-refractivity contribution in [2.75, 3.05) is 39.4 Å². The van der Waals surface area contributed by atoms with Crippen molar-refractivity contribution in [1.82, 2.24) is 24.9 Å². The molecule has 0 spiro atoms. The maximum atomic E-state index is 13.6. The van der Waals surface area contributed by atoms with Gasteiger partial charge in [0.25, 0.3) is 5.91 Å². The van der Waals surface area contributed by atoms with Crippen molar-refractivity contribution < 1.29 is 23.5 Å². The van der Waals surface area contributed by atoms with Crippen molar-refractivity contribution >= 4 is 11.8 Å². The molecule has 0 radical (unpaired) electrons. The van der Waals surface area contributed by atoms with Crippen LogP contribution in [0.5, 0.6) is 11.8 Å². The lowest BCUT2D eigenvalue weighted by atomic mass is 10.1. The standard InChI is InChI=1S/C26H26FN5O4/c27-20-8-6-19(7-9-20)16-24(33)31-17-21(30-12-14-35-15-13-30)18-32(31)25(34)23-10-11-28-26(29-23)36-22-4-2-1-3-5-22/h1-11,21H,12-18H2. The highest BCUT2D eigenvalue weighted by molar-refractivity contribution is 5.94. The SMILES string of the molecule is O=C(Cc1ccc(F)cc1)N1CC(N2CCOCC2)CN1C(=O)c1ccnc(Oc2ccccc2)n1. The molecule has 2 aliphatic heterocycles. The van der Waals surface area contributed by atoms with Crippen molar-refractivity contribution in [2.45, 2.75) is 12.5 Å². The van der Waals surface area contributed by atoms with Crippen molar-refractivity contribution in [2.24, 2.45) is 0 Å². The number of amides is 2. The van der Waals surface area contributed by atoms with Crippen LogP contribution in [-0.2, 0) is 16.0 Å². The molecule has 0 N–H and O–H groups in total. The highest BCUT2D eigenvalue weighted by atomic mass is 19.1. The number of aromatic nitrogens is 2. The topological polar surface area (TPSA) is 88.1 Å². The minimum Gasteiger partial charge on any atom is -0.424 e. The summed E-state index contributed by atoms with van der Waals surface area (Å²) in [5.41, 5.74) is 0.794. The molecule has 2 saturated heterocycles. The molecule has 2 aromatic carbocycles. The molecule has 3 heterocycles. The molecule has 9 nitrogen and oxygen atoms in total. The highest BCUT2D eigenvalue weighted by Crippen LogP contribution is 2.22. The number of carbonyl (C=O) groups excluding carboxylic acids is 2. The molecule has 0 aliphatic carbocycles. The van der Waals surface area contributed by atoms with E-state index in [-0.39, 0.29) is 35.9 Å². The summed E-state index contributed by atoms with van der Waals surface area (Å²) in [7, 11) is 0. The van der Waals surface area contributed by atoms with E-state index < -0.39 is 5.91 Å². The van der Waals surface area contributed by atoms with E-state index in [4.69, 9.17) is 9.47 Å². The van der Waals surface area contributed by atoms with E-state index in [0.717, 1.165) is 13.1 Å². The fraction of sp³-hybridized carbons (Fsp3) is 0.308. The first kappa shape index (κ1) is 23.8. The van der Waals surface area contributed by atoms with E-state index in [1.165, 1.54) is 34.4 Å². The third kappa shape index (κ3) is 5.50. The second-order valence-electron chi connectivity index (χ2n) is 8.61. The average Bonchev–Trinajstić information content (AvgIpc) is 3.37. The Labute approximate surface area is 208 Å². The van der Waals surface area contributed by atoms with Gasteiger partial charge in [-0.05, 0) is 35.9 Å². The molecule has 1 aromatic heterocycles. The first-order valence-corrected chi connectivity index (χ1v) is 11.8. The Morgan fingerprint density at radius 3 is 2.44 bits per heavy atom. The molecule has 186 valence electrons. The molecule has 2 amide bonds. The number of ether oxygens (including phenoxy) is 2. The number of carbonyl (C=O) groups is 2. The predicted molar refractivity (Wildman–Crippen MR) is 128 cm³/mol. The van der Waals surface area contributed by atoms with Crippen molar-refractivity contribution in [3.05, 3.63) is 83.9 Å². The van der Waals surface area contributed by atoms with Gasteiger partial charge in [-0.15, -0.1) is 0 Å². The molecule has 1 atom stereocenters. The van der Waals surface area contributed by atoms with E-state index in [0.29, 0.717) is 37.6 Å². The molecule has 1 unspecified atom stereocenters. The normalized spacial score (nSPS) is 18.3. The first-order chi connectivity index (χ1) is 17.6. The summed E-state index contributed by atoms with van der Waals surface area (Å²) in [5, 5.41) is 2.92. The Hall–Kier alpha value is -3.89. The summed E-state index contributed by atoms with van der Waals surface area (Å²) in [6, 6.07) is 16.4. The lowest BCUT2D eigenvalue weighted by molar-refractivity contribution is -0.139. The Balaban J connectivity index is 1.36. The van der Waals surface area contributed by atoms with Gasteiger partial charge in [-0.25, -0.2) is 19.4 Å². The number of morpholine rings is 1. The summed E-state index contributed by atoms with van der Waals surface area (Å²) in [6.07, 6.45) is 1.50. The first-order valence-electron chi connectivity index (χ1n) is 11.8. The zero-order valence-electron chi connectivity index (χ0n) is 19.6. The van der Waals surface area contributed by atoms with Crippen LogP contribution in [0, 0.1) is 5.82 Å². The fourth-order valence-electron chi connectivity index (χ4n) is 4.36.